The molecule has 8 atom stereocenters. The summed E-state index contributed by atoms with van der Waals surface area (Å²) in [6.07, 6.45) is -5.43. The molecular formula is C49H58F2N2O9. The normalized spacial score (nSPS) is 21.5. The minimum absolute atomic E-state index is 0.00550. The first-order valence-electron chi connectivity index (χ1n) is 21.1. The Morgan fingerprint density at radius 3 is 1.68 bits per heavy atom. The number of halogens is 2. The highest BCUT2D eigenvalue weighted by atomic mass is 19.3. The predicted molar refractivity (Wildman–Crippen MR) is 229 cm³/mol. The second-order valence-electron chi connectivity index (χ2n) is 16.1. The molecule has 0 aromatic heterocycles. The van der Waals surface area contributed by atoms with Crippen molar-refractivity contribution in [3.8, 4) is 0 Å². The van der Waals surface area contributed by atoms with Gasteiger partial charge in [-0.2, -0.15) is 0 Å². The van der Waals surface area contributed by atoms with Gasteiger partial charge in [0.1, 0.15) is 25.4 Å². The van der Waals surface area contributed by atoms with Gasteiger partial charge in [-0.25, -0.2) is 18.4 Å². The number of alkyl halides is 2. The summed E-state index contributed by atoms with van der Waals surface area (Å²) >= 11 is 0. The summed E-state index contributed by atoms with van der Waals surface area (Å²) in [7, 11) is 0. The molecule has 1 fully saturated rings. The van der Waals surface area contributed by atoms with Crippen LogP contribution in [-0.2, 0) is 64.5 Å². The summed E-state index contributed by atoms with van der Waals surface area (Å²) in [6, 6.07) is 33.3. The first-order valence-corrected chi connectivity index (χ1v) is 21.1. The molecule has 13 heteroatoms. The zero-order valence-corrected chi connectivity index (χ0v) is 36.0. The highest BCUT2D eigenvalue weighted by molar-refractivity contribution is 5.92. The molecule has 1 aliphatic rings. The average Bonchev–Trinajstić information content (AvgIpc) is 3.28. The molecule has 62 heavy (non-hydrogen) atoms. The number of ketones is 1. The molecule has 0 bridgehead atoms. The number of nitrogens with one attached hydrogen (secondary N) is 2. The van der Waals surface area contributed by atoms with Gasteiger partial charge >= 0.3 is 12.1 Å². The van der Waals surface area contributed by atoms with E-state index in [2.05, 4.69) is 10.6 Å². The summed E-state index contributed by atoms with van der Waals surface area (Å²) in [5.74, 6) is -7.57. The maximum atomic E-state index is 17.6. The van der Waals surface area contributed by atoms with Crippen LogP contribution in [0.5, 0.6) is 0 Å². The number of hydrogen-bond acceptors (Lipinski definition) is 9. The Morgan fingerprint density at radius 1 is 0.710 bits per heavy atom. The fourth-order valence-corrected chi connectivity index (χ4v) is 7.48. The van der Waals surface area contributed by atoms with Gasteiger partial charge in [0.05, 0.1) is 31.5 Å². The number of hydrogen-bond donors (Lipinski definition) is 2. The molecule has 5 rings (SSSR count). The van der Waals surface area contributed by atoms with Gasteiger partial charge in [0, 0.05) is 24.7 Å². The maximum Gasteiger partial charge on any atom is 0.408 e. The molecule has 0 saturated carbocycles. The van der Waals surface area contributed by atoms with Crippen molar-refractivity contribution in [1.82, 2.24) is 10.6 Å². The number of alkyl carbamates (subject to hydrolysis) is 1. The van der Waals surface area contributed by atoms with E-state index in [-0.39, 0.29) is 32.3 Å². The predicted octanol–water partition coefficient (Wildman–Crippen LogP) is 8.52. The Bertz CT molecular complexity index is 2030. The number of carbonyl (C=O) groups is 4. The molecule has 4 aromatic rings. The first kappa shape index (κ1) is 47.5. The quantitative estimate of drug-likeness (QED) is 0.0790. The topological polar surface area (TPSA) is 138 Å². The first-order chi connectivity index (χ1) is 29.7. The van der Waals surface area contributed by atoms with Crippen molar-refractivity contribution in [1.29, 1.82) is 0 Å². The fourth-order valence-electron chi connectivity index (χ4n) is 7.48. The number of esters is 1. The third-order valence-electron chi connectivity index (χ3n) is 11.3. The summed E-state index contributed by atoms with van der Waals surface area (Å²) < 4.78 is 65.2. The van der Waals surface area contributed by atoms with Crippen LogP contribution in [0, 0.1) is 11.8 Å². The lowest BCUT2D eigenvalue weighted by Gasteiger charge is -2.54. The van der Waals surface area contributed by atoms with E-state index in [0.29, 0.717) is 12.0 Å². The van der Waals surface area contributed by atoms with Crippen LogP contribution in [0.4, 0.5) is 13.6 Å². The van der Waals surface area contributed by atoms with Crippen LogP contribution in [0.2, 0.25) is 0 Å². The molecule has 4 aromatic carbocycles. The van der Waals surface area contributed by atoms with Crippen molar-refractivity contribution in [2.24, 2.45) is 11.8 Å². The van der Waals surface area contributed by atoms with Gasteiger partial charge in [-0.05, 0) is 42.5 Å². The second-order valence-corrected chi connectivity index (χ2v) is 16.1. The lowest BCUT2D eigenvalue weighted by molar-refractivity contribution is -0.332. The van der Waals surface area contributed by atoms with Gasteiger partial charge in [0.2, 0.25) is 5.91 Å². The SMILES string of the molecule is CC[C@H]1O[C@@](C)(C(F)(F)CC(NC(=O)OCc2ccccc2)C(=O)C[C@@H](C)C(=O)N[C@@H](C)C(=O)OCc2ccccc2)[C@H](OCc2ccccc2)[C@@H](OCc2ccccc2)[C@H]1C. The molecule has 0 radical (unpaired) electrons. The number of benzene rings is 4. The van der Waals surface area contributed by atoms with Crippen molar-refractivity contribution in [3.63, 3.8) is 0 Å². The second kappa shape index (κ2) is 22.6. The minimum Gasteiger partial charge on any atom is -0.459 e. The molecular weight excluding hydrogens is 799 g/mol. The van der Waals surface area contributed by atoms with E-state index >= 15 is 8.78 Å². The van der Waals surface area contributed by atoms with Crippen LogP contribution < -0.4 is 10.6 Å². The van der Waals surface area contributed by atoms with E-state index in [0.717, 1.165) is 16.7 Å². The Kier molecular flexibility index (Phi) is 17.3. The number of carbonyl (C=O) groups excluding carboxylic acids is 4. The van der Waals surface area contributed by atoms with Gasteiger partial charge in [-0.3, -0.25) is 9.59 Å². The molecule has 1 unspecified atom stereocenters. The summed E-state index contributed by atoms with van der Waals surface area (Å²) in [5, 5.41) is 4.92. The largest absolute Gasteiger partial charge is 0.459 e. The van der Waals surface area contributed by atoms with Crippen molar-refractivity contribution < 1.29 is 51.6 Å². The zero-order valence-electron chi connectivity index (χ0n) is 36.0. The number of Topliss-reactive ketones (excluding diaryl/α,β-unsaturated/α-hetero) is 1. The summed E-state index contributed by atoms with van der Waals surface area (Å²) in [4.78, 5) is 53.4. The lowest BCUT2D eigenvalue weighted by atomic mass is 9.75. The molecule has 1 heterocycles. The van der Waals surface area contributed by atoms with Crippen LogP contribution in [0.15, 0.2) is 121 Å². The summed E-state index contributed by atoms with van der Waals surface area (Å²) in [5.41, 5.74) is 0.596. The Balaban J connectivity index is 1.38. The maximum absolute atomic E-state index is 17.6. The van der Waals surface area contributed by atoms with Crippen LogP contribution in [0.25, 0.3) is 0 Å². The van der Waals surface area contributed by atoms with Crippen LogP contribution in [0.1, 0.15) is 76.1 Å². The molecule has 0 spiro atoms. The molecule has 2 N–H and O–H groups in total. The standard InChI is InChI=1S/C49H58F2N2O9/c1-6-42-34(3)43(58-29-36-19-11-7-12-20-36)44(59-30-37-21-13-8-14-22-37)48(5,62-42)49(50,51)28-40(53-47(57)61-32-39-25-17-10-18-26-39)41(54)27-33(2)45(55)52-35(4)46(56)60-31-38-23-15-9-16-24-38/h7-26,33-35,40,42-44H,6,27-32H2,1-5H3,(H,52,55)(H,53,57)/t33-,34+,35+,40?,42-,43+,44-,48-/m1/s1. The number of ether oxygens (including phenoxy) is 5. The van der Waals surface area contributed by atoms with E-state index in [1.165, 1.54) is 20.8 Å². The van der Waals surface area contributed by atoms with Crippen LogP contribution in [0.3, 0.4) is 0 Å². The monoisotopic (exact) mass is 856 g/mol. The number of rotatable bonds is 21. The fraction of sp³-hybridized carbons (Fsp3) is 0.429. The zero-order chi connectivity index (χ0) is 44.7. The third-order valence-corrected chi connectivity index (χ3v) is 11.3. The van der Waals surface area contributed by atoms with Gasteiger partial charge in [0.25, 0.3) is 5.92 Å². The Hall–Kier alpha value is -5.50. The van der Waals surface area contributed by atoms with Gasteiger partial charge in [-0.15, -0.1) is 0 Å². The molecule has 1 aliphatic heterocycles. The molecule has 2 amide bonds. The highest BCUT2D eigenvalue weighted by Gasteiger charge is 2.64. The van der Waals surface area contributed by atoms with Gasteiger partial charge < -0.3 is 34.3 Å². The van der Waals surface area contributed by atoms with E-state index in [4.69, 9.17) is 23.7 Å². The number of amides is 2. The van der Waals surface area contributed by atoms with Crippen molar-refractivity contribution in [2.45, 2.75) is 122 Å². The van der Waals surface area contributed by atoms with Crippen molar-refractivity contribution >= 4 is 23.8 Å². The molecule has 1 saturated heterocycles. The van der Waals surface area contributed by atoms with Crippen LogP contribution >= 0.6 is 0 Å². The minimum atomic E-state index is -3.86. The lowest BCUT2D eigenvalue weighted by Crippen LogP contribution is -2.69. The third kappa shape index (κ3) is 13.0. The van der Waals surface area contributed by atoms with E-state index in [1.807, 2.05) is 80.6 Å². The van der Waals surface area contributed by atoms with Gasteiger partial charge in [-0.1, -0.05) is 142 Å². The van der Waals surface area contributed by atoms with E-state index in [9.17, 15) is 19.2 Å². The smallest absolute Gasteiger partial charge is 0.408 e. The highest BCUT2D eigenvalue weighted by Crippen LogP contribution is 2.48. The molecule has 11 nitrogen and oxygen atoms in total. The van der Waals surface area contributed by atoms with E-state index in [1.54, 1.807) is 54.6 Å². The van der Waals surface area contributed by atoms with Crippen LogP contribution in [-0.4, -0.2) is 65.7 Å². The molecule has 0 aliphatic carbocycles. The Labute approximate surface area is 362 Å². The average molecular weight is 857 g/mol. The van der Waals surface area contributed by atoms with Gasteiger partial charge in [0.15, 0.2) is 11.4 Å². The summed E-state index contributed by atoms with van der Waals surface area (Å²) in [6.45, 7) is 7.75. The Morgan fingerprint density at radius 2 is 1.18 bits per heavy atom. The van der Waals surface area contributed by atoms with Crippen molar-refractivity contribution in [3.05, 3.63) is 144 Å². The van der Waals surface area contributed by atoms with E-state index < -0.39 is 84.4 Å². The molecule has 332 valence electrons. The van der Waals surface area contributed by atoms with Crippen molar-refractivity contribution in [2.75, 3.05) is 0 Å².